The van der Waals surface area contributed by atoms with Crippen LogP contribution in [0.5, 0.6) is 0 Å². The molecule has 8 nitrogen and oxygen atoms in total. The molecule has 42 heavy (non-hydrogen) atoms. The van der Waals surface area contributed by atoms with Gasteiger partial charge in [-0.1, -0.05) is 86.0 Å². The van der Waals surface area contributed by atoms with Gasteiger partial charge in [0, 0.05) is 38.7 Å². The van der Waals surface area contributed by atoms with E-state index in [4.69, 9.17) is 0 Å². The summed E-state index contributed by atoms with van der Waals surface area (Å²) in [6.07, 6.45) is 5.04. The molecule has 10 heteroatoms. The summed E-state index contributed by atoms with van der Waals surface area (Å²) >= 11 is 0. The van der Waals surface area contributed by atoms with Crippen molar-refractivity contribution < 1.29 is 22.4 Å². The normalized spacial score (nSPS) is 14.8. The molecule has 3 aromatic carbocycles. The van der Waals surface area contributed by atoms with Crippen molar-refractivity contribution in [3.8, 4) is 0 Å². The SMILES string of the molecule is CN(C)S(=O)(=O)N(CC(=O)N(Cc1ccccc1F)[C@H](Cc1ccccc1)C(=O)NC1CCCCC1)c1ccccc1. The summed E-state index contributed by atoms with van der Waals surface area (Å²) in [6.45, 7) is -0.771. The number of amides is 2. The number of nitrogens with one attached hydrogen (secondary N) is 1. The highest BCUT2D eigenvalue weighted by molar-refractivity contribution is 7.90. The third kappa shape index (κ3) is 7.95. The Hall–Kier alpha value is -3.76. The van der Waals surface area contributed by atoms with Gasteiger partial charge in [0.2, 0.25) is 11.8 Å². The summed E-state index contributed by atoms with van der Waals surface area (Å²) in [5.41, 5.74) is 1.36. The summed E-state index contributed by atoms with van der Waals surface area (Å²) in [5, 5.41) is 3.14. The van der Waals surface area contributed by atoms with E-state index in [0.717, 1.165) is 46.3 Å². The average molecular weight is 595 g/mol. The molecule has 0 bridgehead atoms. The predicted molar refractivity (Wildman–Crippen MR) is 162 cm³/mol. The average Bonchev–Trinajstić information content (AvgIpc) is 2.99. The minimum atomic E-state index is -4.08. The highest BCUT2D eigenvalue weighted by Crippen LogP contribution is 2.23. The van der Waals surface area contributed by atoms with E-state index in [1.165, 1.54) is 25.1 Å². The Kier molecular flexibility index (Phi) is 10.7. The first-order valence-electron chi connectivity index (χ1n) is 14.3. The van der Waals surface area contributed by atoms with Gasteiger partial charge in [-0.05, 0) is 36.6 Å². The molecule has 0 aliphatic heterocycles. The monoisotopic (exact) mass is 594 g/mol. The number of carbonyl (C=O) groups is 2. The first-order chi connectivity index (χ1) is 20.2. The lowest BCUT2D eigenvalue weighted by atomic mass is 9.94. The van der Waals surface area contributed by atoms with E-state index in [1.807, 2.05) is 30.3 Å². The van der Waals surface area contributed by atoms with Crippen LogP contribution in [0.4, 0.5) is 10.1 Å². The van der Waals surface area contributed by atoms with Gasteiger partial charge in [-0.3, -0.25) is 9.59 Å². The third-order valence-electron chi connectivity index (χ3n) is 7.58. The quantitative estimate of drug-likeness (QED) is 0.334. The molecule has 1 atom stereocenters. The lowest BCUT2D eigenvalue weighted by Crippen LogP contribution is -2.55. The number of hydrogen-bond acceptors (Lipinski definition) is 4. The fraction of sp³-hybridized carbons (Fsp3) is 0.375. The van der Waals surface area contributed by atoms with Crippen LogP contribution >= 0.6 is 0 Å². The van der Waals surface area contributed by atoms with Crippen molar-refractivity contribution in [2.45, 2.75) is 57.2 Å². The first kappa shape index (κ1) is 31.2. The molecule has 224 valence electrons. The van der Waals surface area contributed by atoms with Gasteiger partial charge in [0.25, 0.3) is 0 Å². The first-order valence-corrected chi connectivity index (χ1v) is 15.7. The van der Waals surface area contributed by atoms with E-state index < -0.39 is 34.5 Å². The molecule has 0 unspecified atom stereocenters. The van der Waals surface area contributed by atoms with Crippen LogP contribution in [0, 0.1) is 5.82 Å². The van der Waals surface area contributed by atoms with E-state index in [2.05, 4.69) is 5.32 Å². The Bertz CT molecular complexity index is 1430. The van der Waals surface area contributed by atoms with Crippen LogP contribution in [0.3, 0.4) is 0 Å². The van der Waals surface area contributed by atoms with Crippen LogP contribution in [0.25, 0.3) is 0 Å². The van der Waals surface area contributed by atoms with E-state index in [9.17, 15) is 22.4 Å². The van der Waals surface area contributed by atoms with Crippen LogP contribution < -0.4 is 9.62 Å². The highest BCUT2D eigenvalue weighted by Gasteiger charge is 2.35. The predicted octanol–water partition coefficient (Wildman–Crippen LogP) is 4.53. The van der Waals surface area contributed by atoms with E-state index in [-0.39, 0.29) is 30.5 Å². The van der Waals surface area contributed by atoms with Gasteiger partial charge in [0.05, 0.1) is 5.69 Å². The molecular formula is C32H39FN4O4S. The Morgan fingerprint density at radius 1 is 0.881 bits per heavy atom. The fourth-order valence-corrected chi connectivity index (χ4v) is 6.28. The van der Waals surface area contributed by atoms with Crippen molar-refractivity contribution in [1.29, 1.82) is 0 Å². The number of hydrogen-bond donors (Lipinski definition) is 1. The van der Waals surface area contributed by atoms with Crippen LogP contribution in [0.1, 0.15) is 43.2 Å². The zero-order chi connectivity index (χ0) is 30.1. The molecule has 0 spiro atoms. The van der Waals surface area contributed by atoms with Crippen molar-refractivity contribution in [1.82, 2.24) is 14.5 Å². The minimum absolute atomic E-state index is 0.00938. The lowest BCUT2D eigenvalue weighted by Gasteiger charge is -2.35. The molecule has 1 saturated carbocycles. The van der Waals surface area contributed by atoms with Gasteiger partial charge in [0.1, 0.15) is 18.4 Å². The number of carbonyl (C=O) groups excluding carboxylic acids is 2. The molecule has 1 aliphatic rings. The summed E-state index contributed by atoms with van der Waals surface area (Å²) < 4.78 is 43.8. The van der Waals surface area contributed by atoms with E-state index >= 15 is 0 Å². The Morgan fingerprint density at radius 3 is 2.10 bits per heavy atom. The Labute approximate surface area is 248 Å². The zero-order valence-electron chi connectivity index (χ0n) is 24.2. The number of para-hydroxylation sites is 1. The van der Waals surface area contributed by atoms with Crippen LogP contribution in [0.15, 0.2) is 84.9 Å². The summed E-state index contributed by atoms with van der Waals surface area (Å²) in [6, 6.07) is 22.8. The standard InChI is InChI=1S/C32H39FN4O4S/c1-35(2)42(40,41)37(28-19-10-5-11-20-28)24-31(38)36(23-26-16-12-13-21-29(26)33)30(22-25-14-6-3-7-15-25)32(39)34-27-17-8-4-9-18-27/h3,5-7,10-16,19-21,27,30H,4,8-9,17-18,22-24H2,1-2H3,(H,34,39)/t30-/m1/s1. The van der Waals surface area contributed by atoms with Crippen LogP contribution in [-0.4, -0.2) is 62.2 Å². The molecule has 1 aliphatic carbocycles. The Balaban J connectivity index is 1.75. The topological polar surface area (TPSA) is 90.0 Å². The summed E-state index contributed by atoms with van der Waals surface area (Å²) in [4.78, 5) is 29.5. The fourth-order valence-electron chi connectivity index (χ4n) is 5.22. The molecule has 0 aromatic heterocycles. The number of benzene rings is 3. The molecule has 0 saturated heterocycles. The molecule has 1 fully saturated rings. The molecule has 4 rings (SSSR count). The van der Waals surface area contributed by atoms with Crippen molar-refractivity contribution in [2.24, 2.45) is 0 Å². The molecule has 0 radical (unpaired) electrons. The number of nitrogens with zero attached hydrogens (tertiary/aromatic N) is 3. The zero-order valence-corrected chi connectivity index (χ0v) is 25.0. The van der Waals surface area contributed by atoms with Gasteiger partial charge in [-0.15, -0.1) is 0 Å². The maximum absolute atomic E-state index is 14.9. The molecular weight excluding hydrogens is 555 g/mol. The lowest BCUT2D eigenvalue weighted by molar-refractivity contribution is -0.140. The second-order valence-electron chi connectivity index (χ2n) is 10.8. The molecule has 0 heterocycles. The minimum Gasteiger partial charge on any atom is -0.352 e. The van der Waals surface area contributed by atoms with Crippen LogP contribution in [0.2, 0.25) is 0 Å². The van der Waals surface area contributed by atoms with Crippen molar-refractivity contribution in [3.63, 3.8) is 0 Å². The van der Waals surface area contributed by atoms with E-state index in [0.29, 0.717) is 5.69 Å². The van der Waals surface area contributed by atoms with Gasteiger partial charge in [-0.2, -0.15) is 12.7 Å². The largest absolute Gasteiger partial charge is 0.352 e. The Morgan fingerprint density at radius 2 is 1.48 bits per heavy atom. The molecule has 2 amide bonds. The summed E-state index contributed by atoms with van der Waals surface area (Å²) in [5.74, 6) is -1.47. The van der Waals surface area contributed by atoms with Crippen LogP contribution in [-0.2, 0) is 32.8 Å². The van der Waals surface area contributed by atoms with Crippen molar-refractivity contribution in [3.05, 3.63) is 102 Å². The maximum Gasteiger partial charge on any atom is 0.304 e. The highest BCUT2D eigenvalue weighted by atomic mass is 32.2. The second kappa shape index (κ2) is 14.4. The smallest absolute Gasteiger partial charge is 0.304 e. The van der Waals surface area contributed by atoms with E-state index in [1.54, 1.807) is 48.5 Å². The second-order valence-corrected chi connectivity index (χ2v) is 12.9. The number of rotatable bonds is 12. The van der Waals surface area contributed by atoms with Crippen molar-refractivity contribution in [2.75, 3.05) is 24.9 Å². The maximum atomic E-state index is 14.9. The molecule has 1 N–H and O–H groups in total. The number of halogens is 1. The number of anilines is 1. The van der Waals surface area contributed by atoms with Crippen molar-refractivity contribution >= 4 is 27.7 Å². The van der Waals surface area contributed by atoms with Gasteiger partial charge in [0.15, 0.2) is 0 Å². The van der Waals surface area contributed by atoms with Gasteiger partial charge in [-0.25, -0.2) is 8.70 Å². The third-order valence-corrected chi connectivity index (χ3v) is 9.40. The summed E-state index contributed by atoms with van der Waals surface area (Å²) in [7, 11) is -1.30. The van der Waals surface area contributed by atoms with Gasteiger partial charge >= 0.3 is 10.2 Å². The molecule has 3 aromatic rings. The van der Waals surface area contributed by atoms with Gasteiger partial charge < -0.3 is 10.2 Å².